The van der Waals surface area contributed by atoms with Crippen LogP contribution < -0.4 is 4.74 Å². The lowest BCUT2D eigenvalue weighted by atomic mass is 9.91. The molecule has 1 N–H and O–H groups in total. The van der Waals surface area contributed by atoms with Gasteiger partial charge >= 0.3 is 0 Å². The van der Waals surface area contributed by atoms with Crippen LogP contribution in [-0.2, 0) is 0 Å². The number of aromatic hydroxyl groups is 1. The molecule has 0 saturated carbocycles. The highest BCUT2D eigenvalue weighted by atomic mass is 16.5. The van der Waals surface area contributed by atoms with Crippen LogP contribution in [0.15, 0.2) is 66.7 Å². The topological polar surface area (TPSA) is 29.5 Å². The summed E-state index contributed by atoms with van der Waals surface area (Å²) in [7, 11) is 1.58. The van der Waals surface area contributed by atoms with Crippen molar-refractivity contribution in [1.82, 2.24) is 0 Å². The first-order valence-corrected chi connectivity index (χ1v) is 7.23. The third kappa shape index (κ3) is 2.44. The lowest BCUT2D eigenvalue weighted by Crippen LogP contribution is -1.94. The summed E-state index contributed by atoms with van der Waals surface area (Å²) in [6, 6.07) is 22.0. The molecule has 0 aliphatic carbocycles. The van der Waals surface area contributed by atoms with Crippen LogP contribution in [0.2, 0.25) is 0 Å². The summed E-state index contributed by atoms with van der Waals surface area (Å²) in [5.41, 5.74) is 4.76. The monoisotopic (exact) mass is 290 g/mol. The van der Waals surface area contributed by atoms with Gasteiger partial charge in [0.2, 0.25) is 0 Å². The summed E-state index contributed by atoms with van der Waals surface area (Å²) in [6.45, 7) is 1.94. The maximum atomic E-state index is 10.7. The van der Waals surface area contributed by atoms with E-state index in [1.165, 1.54) is 0 Å². The van der Waals surface area contributed by atoms with E-state index < -0.39 is 0 Å². The molecule has 3 aromatic carbocycles. The van der Waals surface area contributed by atoms with E-state index in [9.17, 15) is 5.11 Å². The van der Waals surface area contributed by atoms with Gasteiger partial charge in [-0.1, -0.05) is 60.7 Å². The fraction of sp³-hybridized carbons (Fsp3) is 0.100. The molecule has 0 amide bonds. The summed E-state index contributed by atoms with van der Waals surface area (Å²) in [6.07, 6.45) is 0. The van der Waals surface area contributed by atoms with Gasteiger partial charge in [-0.3, -0.25) is 0 Å². The van der Waals surface area contributed by atoms with Gasteiger partial charge in [0, 0.05) is 5.56 Å². The molecule has 0 aliphatic rings. The van der Waals surface area contributed by atoms with Crippen LogP contribution in [0.25, 0.3) is 22.3 Å². The van der Waals surface area contributed by atoms with Crippen LogP contribution in [-0.4, -0.2) is 12.2 Å². The molecule has 3 aromatic rings. The molecule has 0 atom stereocenters. The fourth-order valence-electron chi connectivity index (χ4n) is 2.78. The minimum absolute atomic E-state index is 0.188. The molecule has 22 heavy (non-hydrogen) atoms. The van der Waals surface area contributed by atoms with E-state index in [1.54, 1.807) is 7.11 Å². The van der Waals surface area contributed by atoms with Crippen molar-refractivity contribution in [3.05, 3.63) is 72.3 Å². The fourth-order valence-corrected chi connectivity index (χ4v) is 2.78. The molecule has 2 heteroatoms. The van der Waals surface area contributed by atoms with Gasteiger partial charge in [-0.15, -0.1) is 0 Å². The minimum Gasteiger partial charge on any atom is -0.504 e. The second-order valence-electron chi connectivity index (χ2n) is 5.23. The Kier molecular flexibility index (Phi) is 3.84. The van der Waals surface area contributed by atoms with E-state index in [0.29, 0.717) is 5.75 Å². The van der Waals surface area contributed by atoms with Crippen molar-refractivity contribution in [2.75, 3.05) is 7.11 Å². The smallest absolute Gasteiger partial charge is 0.166 e. The number of hydrogen-bond donors (Lipinski definition) is 1. The number of benzene rings is 3. The number of hydrogen-bond acceptors (Lipinski definition) is 2. The molecule has 0 saturated heterocycles. The lowest BCUT2D eigenvalue weighted by Gasteiger charge is -2.17. The first-order valence-electron chi connectivity index (χ1n) is 7.23. The predicted octanol–water partition coefficient (Wildman–Crippen LogP) is 5.04. The van der Waals surface area contributed by atoms with Gasteiger partial charge in [-0.05, 0) is 35.2 Å². The van der Waals surface area contributed by atoms with Gasteiger partial charge in [-0.2, -0.15) is 0 Å². The van der Waals surface area contributed by atoms with Gasteiger partial charge in [0.1, 0.15) is 0 Å². The van der Waals surface area contributed by atoms with Crippen LogP contribution in [0.1, 0.15) is 5.56 Å². The number of methoxy groups -OCH3 is 1. The first kappa shape index (κ1) is 14.2. The highest BCUT2D eigenvalue weighted by Crippen LogP contribution is 2.45. The Bertz CT molecular complexity index is 778. The molecule has 0 radical (unpaired) electrons. The first-order chi connectivity index (χ1) is 10.7. The molecule has 3 rings (SSSR count). The zero-order valence-electron chi connectivity index (χ0n) is 12.7. The number of phenolic OH excluding ortho intramolecular Hbond substituents is 1. The van der Waals surface area contributed by atoms with E-state index in [-0.39, 0.29) is 5.75 Å². The van der Waals surface area contributed by atoms with Crippen LogP contribution >= 0.6 is 0 Å². The van der Waals surface area contributed by atoms with Gasteiger partial charge in [0.25, 0.3) is 0 Å². The Balaban J connectivity index is 2.34. The summed E-state index contributed by atoms with van der Waals surface area (Å²) in [5, 5.41) is 10.7. The Morgan fingerprint density at radius 2 is 1.36 bits per heavy atom. The van der Waals surface area contributed by atoms with E-state index in [2.05, 4.69) is 6.07 Å². The molecular formula is C20H18O2. The summed E-state index contributed by atoms with van der Waals surface area (Å²) in [5.74, 6) is 0.714. The second-order valence-corrected chi connectivity index (χ2v) is 5.23. The summed E-state index contributed by atoms with van der Waals surface area (Å²) >= 11 is 0. The summed E-state index contributed by atoms with van der Waals surface area (Å²) < 4.78 is 5.38. The predicted molar refractivity (Wildman–Crippen MR) is 90.3 cm³/mol. The van der Waals surface area contributed by atoms with Gasteiger partial charge < -0.3 is 9.84 Å². The molecule has 0 fully saturated rings. The number of ether oxygens (including phenoxy) is 1. The third-order valence-corrected chi connectivity index (χ3v) is 3.79. The van der Waals surface area contributed by atoms with Crippen LogP contribution in [0.5, 0.6) is 11.5 Å². The number of aryl methyl sites for hydroxylation is 1. The van der Waals surface area contributed by atoms with Crippen molar-refractivity contribution in [3.8, 4) is 33.8 Å². The van der Waals surface area contributed by atoms with Crippen molar-refractivity contribution >= 4 is 0 Å². The highest BCUT2D eigenvalue weighted by Gasteiger charge is 2.18. The number of phenols is 1. The Morgan fingerprint density at radius 1 is 0.818 bits per heavy atom. The van der Waals surface area contributed by atoms with Crippen molar-refractivity contribution in [1.29, 1.82) is 0 Å². The Labute approximate surface area is 130 Å². The summed E-state index contributed by atoms with van der Waals surface area (Å²) in [4.78, 5) is 0. The maximum absolute atomic E-state index is 10.7. The molecule has 0 unspecified atom stereocenters. The van der Waals surface area contributed by atoms with E-state index in [1.807, 2.05) is 67.6 Å². The normalized spacial score (nSPS) is 10.5. The average molecular weight is 290 g/mol. The molecule has 0 heterocycles. The van der Waals surface area contributed by atoms with Crippen molar-refractivity contribution in [3.63, 3.8) is 0 Å². The zero-order valence-corrected chi connectivity index (χ0v) is 12.7. The van der Waals surface area contributed by atoms with E-state index in [4.69, 9.17) is 4.74 Å². The quantitative estimate of drug-likeness (QED) is 0.732. The van der Waals surface area contributed by atoms with Crippen LogP contribution in [0, 0.1) is 6.92 Å². The Hall–Kier alpha value is -2.74. The van der Waals surface area contributed by atoms with Gasteiger partial charge in [0.15, 0.2) is 11.5 Å². The zero-order chi connectivity index (χ0) is 15.5. The molecule has 110 valence electrons. The average Bonchev–Trinajstić information content (AvgIpc) is 2.56. The Morgan fingerprint density at radius 3 is 1.91 bits per heavy atom. The SMILES string of the molecule is COc1c(C)cc(-c2ccccc2)c(-c2ccccc2)c1O. The van der Waals surface area contributed by atoms with Crippen molar-refractivity contribution < 1.29 is 9.84 Å². The molecule has 0 aliphatic heterocycles. The maximum Gasteiger partial charge on any atom is 0.166 e. The molecule has 0 bridgehead atoms. The minimum atomic E-state index is 0.188. The number of rotatable bonds is 3. The van der Waals surface area contributed by atoms with Gasteiger partial charge in [-0.25, -0.2) is 0 Å². The van der Waals surface area contributed by atoms with Crippen LogP contribution in [0.4, 0.5) is 0 Å². The molecule has 2 nitrogen and oxygen atoms in total. The highest BCUT2D eigenvalue weighted by molar-refractivity contribution is 5.90. The van der Waals surface area contributed by atoms with E-state index in [0.717, 1.165) is 27.8 Å². The third-order valence-electron chi connectivity index (χ3n) is 3.79. The molecule has 0 spiro atoms. The molecular weight excluding hydrogens is 272 g/mol. The van der Waals surface area contributed by atoms with Crippen molar-refractivity contribution in [2.45, 2.75) is 6.92 Å². The second kappa shape index (κ2) is 5.94. The largest absolute Gasteiger partial charge is 0.504 e. The van der Waals surface area contributed by atoms with Gasteiger partial charge in [0.05, 0.1) is 7.11 Å². The molecule has 0 aromatic heterocycles. The van der Waals surface area contributed by atoms with Crippen LogP contribution in [0.3, 0.4) is 0 Å². The standard InChI is InChI=1S/C20H18O2/c1-14-13-17(15-9-5-3-6-10-15)18(19(21)20(14)22-2)16-11-7-4-8-12-16/h3-13,21H,1-2H3. The van der Waals surface area contributed by atoms with Crippen molar-refractivity contribution in [2.24, 2.45) is 0 Å². The lowest BCUT2D eigenvalue weighted by molar-refractivity contribution is 0.372. The van der Waals surface area contributed by atoms with E-state index >= 15 is 0 Å².